The second-order valence-corrected chi connectivity index (χ2v) is 10.5. The third kappa shape index (κ3) is 8.95. The lowest BCUT2D eigenvalue weighted by molar-refractivity contribution is -0.213. The second-order valence-electron chi connectivity index (χ2n) is 7.22. The Kier molecular flexibility index (Phi) is 7.40. The standard InChI is InChI=1S/C14H27NO8S2/c1-14(2,3)13(16)22-15-8-6-12(23-25(5,19)20)11(10-15)7-9-21-24(4,17)18/h11-12H,6-10H2,1-5H3. The van der Waals surface area contributed by atoms with E-state index in [1.165, 1.54) is 5.06 Å². The summed E-state index contributed by atoms with van der Waals surface area (Å²) in [6.07, 6.45) is 1.85. The molecule has 25 heavy (non-hydrogen) atoms. The second kappa shape index (κ2) is 8.30. The van der Waals surface area contributed by atoms with E-state index >= 15 is 0 Å². The summed E-state index contributed by atoms with van der Waals surface area (Å²) in [5.41, 5.74) is -0.672. The monoisotopic (exact) mass is 401 g/mol. The summed E-state index contributed by atoms with van der Waals surface area (Å²) >= 11 is 0. The number of piperidine rings is 1. The van der Waals surface area contributed by atoms with Crippen LogP contribution in [-0.4, -0.2) is 66.2 Å². The highest BCUT2D eigenvalue weighted by atomic mass is 32.2. The molecule has 2 unspecified atom stereocenters. The number of hydrogen-bond acceptors (Lipinski definition) is 9. The van der Waals surface area contributed by atoms with Gasteiger partial charge in [-0.05, 0) is 33.6 Å². The van der Waals surface area contributed by atoms with E-state index < -0.39 is 37.7 Å². The van der Waals surface area contributed by atoms with Crippen molar-refractivity contribution >= 4 is 26.2 Å². The smallest absolute Gasteiger partial charge is 0.330 e. The Morgan fingerprint density at radius 3 is 2.20 bits per heavy atom. The van der Waals surface area contributed by atoms with E-state index in [1.807, 2.05) is 0 Å². The van der Waals surface area contributed by atoms with Crippen molar-refractivity contribution in [3.63, 3.8) is 0 Å². The molecule has 1 saturated heterocycles. The minimum atomic E-state index is -3.66. The molecule has 1 aliphatic rings. The minimum Gasteiger partial charge on any atom is -0.367 e. The molecule has 1 fully saturated rings. The summed E-state index contributed by atoms with van der Waals surface area (Å²) in [5, 5.41) is 1.46. The zero-order valence-corrected chi connectivity index (χ0v) is 16.9. The van der Waals surface area contributed by atoms with Gasteiger partial charge < -0.3 is 4.84 Å². The Hall–Kier alpha value is -0.750. The van der Waals surface area contributed by atoms with Gasteiger partial charge in [0.05, 0.1) is 30.6 Å². The van der Waals surface area contributed by atoms with E-state index in [4.69, 9.17) is 13.2 Å². The fourth-order valence-electron chi connectivity index (χ4n) is 2.29. The minimum absolute atomic E-state index is 0.103. The van der Waals surface area contributed by atoms with Crippen LogP contribution in [0.15, 0.2) is 0 Å². The number of rotatable bonds is 7. The van der Waals surface area contributed by atoms with Crippen molar-refractivity contribution < 1.29 is 34.8 Å². The fraction of sp³-hybridized carbons (Fsp3) is 0.929. The van der Waals surface area contributed by atoms with Crippen LogP contribution in [0.1, 0.15) is 33.6 Å². The Morgan fingerprint density at radius 1 is 1.12 bits per heavy atom. The van der Waals surface area contributed by atoms with Gasteiger partial charge in [0.2, 0.25) is 0 Å². The largest absolute Gasteiger partial charge is 0.367 e. The van der Waals surface area contributed by atoms with Crippen LogP contribution in [0.2, 0.25) is 0 Å². The van der Waals surface area contributed by atoms with Crippen molar-refractivity contribution in [3.8, 4) is 0 Å². The average molecular weight is 402 g/mol. The fourth-order valence-corrected chi connectivity index (χ4v) is 3.40. The summed E-state index contributed by atoms with van der Waals surface area (Å²) in [4.78, 5) is 17.3. The lowest BCUT2D eigenvalue weighted by Gasteiger charge is -2.37. The molecule has 0 radical (unpaired) electrons. The van der Waals surface area contributed by atoms with Gasteiger partial charge in [-0.15, -0.1) is 5.06 Å². The van der Waals surface area contributed by atoms with Gasteiger partial charge in [0.25, 0.3) is 20.2 Å². The first kappa shape index (κ1) is 22.3. The molecule has 0 amide bonds. The van der Waals surface area contributed by atoms with Gasteiger partial charge in [0, 0.05) is 19.0 Å². The van der Waals surface area contributed by atoms with Gasteiger partial charge in [-0.3, -0.25) is 8.37 Å². The number of hydrogen-bond donors (Lipinski definition) is 0. The van der Waals surface area contributed by atoms with Crippen LogP contribution in [0.5, 0.6) is 0 Å². The zero-order chi connectivity index (χ0) is 19.5. The number of carbonyl (C=O) groups is 1. The van der Waals surface area contributed by atoms with Crippen molar-refractivity contribution in [1.29, 1.82) is 0 Å². The SMILES string of the molecule is CC(C)(C)C(=O)ON1CCC(OS(C)(=O)=O)C(CCOS(C)(=O)=O)C1. The zero-order valence-electron chi connectivity index (χ0n) is 15.2. The predicted octanol–water partition coefficient (Wildman–Crippen LogP) is 0.524. The van der Waals surface area contributed by atoms with Gasteiger partial charge >= 0.3 is 5.97 Å². The Morgan fingerprint density at radius 2 is 1.72 bits per heavy atom. The summed E-state index contributed by atoms with van der Waals surface area (Å²) < 4.78 is 54.8. The van der Waals surface area contributed by atoms with Crippen molar-refractivity contribution in [2.45, 2.75) is 39.7 Å². The van der Waals surface area contributed by atoms with Gasteiger partial charge in [0.15, 0.2) is 0 Å². The molecular formula is C14H27NO8S2. The summed E-state index contributed by atoms with van der Waals surface area (Å²) in [5.74, 6) is -0.765. The van der Waals surface area contributed by atoms with Crippen LogP contribution in [0.25, 0.3) is 0 Å². The molecule has 0 bridgehead atoms. The molecular weight excluding hydrogens is 374 g/mol. The number of hydroxylamine groups is 2. The van der Waals surface area contributed by atoms with Crippen LogP contribution in [0.4, 0.5) is 0 Å². The van der Waals surface area contributed by atoms with Gasteiger partial charge in [-0.25, -0.2) is 4.79 Å². The highest BCUT2D eigenvalue weighted by molar-refractivity contribution is 7.86. The summed E-state index contributed by atoms with van der Waals surface area (Å²) in [6, 6.07) is 0. The highest BCUT2D eigenvalue weighted by Crippen LogP contribution is 2.26. The molecule has 1 aliphatic heterocycles. The van der Waals surface area contributed by atoms with Crippen LogP contribution in [-0.2, 0) is 38.2 Å². The van der Waals surface area contributed by atoms with Crippen LogP contribution >= 0.6 is 0 Å². The highest BCUT2D eigenvalue weighted by Gasteiger charge is 2.35. The lowest BCUT2D eigenvalue weighted by Crippen LogP contribution is -2.47. The molecule has 0 N–H and O–H groups in total. The summed E-state index contributed by atoms with van der Waals surface area (Å²) in [6.45, 7) is 5.64. The predicted molar refractivity (Wildman–Crippen MR) is 90.4 cm³/mol. The first-order chi connectivity index (χ1) is 11.2. The number of carbonyl (C=O) groups excluding carboxylic acids is 1. The maximum absolute atomic E-state index is 12.0. The quantitative estimate of drug-likeness (QED) is 0.563. The summed E-state index contributed by atoms with van der Waals surface area (Å²) in [7, 11) is -7.25. The van der Waals surface area contributed by atoms with Gasteiger partial charge in [-0.2, -0.15) is 16.8 Å². The maximum Gasteiger partial charge on any atom is 0.330 e. The van der Waals surface area contributed by atoms with E-state index in [-0.39, 0.29) is 25.5 Å². The van der Waals surface area contributed by atoms with E-state index in [1.54, 1.807) is 20.8 Å². The molecule has 9 nitrogen and oxygen atoms in total. The van der Waals surface area contributed by atoms with Crippen molar-refractivity contribution in [2.75, 3.05) is 32.2 Å². The molecule has 0 aromatic carbocycles. The van der Waals surface area contributed by atoms with E-state index in [0.717, 1.165) is 12.5 Å². The third-order valence-electron chi connectivity index (χ3n) is 3.54. The third-order valence-corrected chi connectivity index (χ3v) is 4.73. The topological polar surface area (TPSA) is 116 Å². The molecule has 1 rings (SSSR count). The van der Waals surface area contributed by atoms with Crippen LogP contribution in [0.3, 0.4) is 0 Å². The Balaban J connectivity index is 2.75. The molecule has 0 saturated carbocycles. The molecule has 11 heteroatoms. The first-order valence-corrected chi connectivity index (χ1v) is 11.5. The van der Waals surface area contributed by atoms with Crippen molar-refractivity contribution in [3.05, 3.63) is 0 Å². The molecule has 0 aromatic rings. The number of nitrogens with zero attached hydrogens (tertiary/aromatic N) is 1. The van der Waals surface area contributed by atoms with E-state index in [2.05, 4.69) is 0 Å². The lowest BCUT2D eigenvalue weighted by atomic mass is 9.93. The first-order valence-electron chi connectivity index (χ1n) is 7.87. The molecule has 0 aromatic heterocycles. The van der Waals surface area contributed by atoms with E-state index in [9.17, 15) is 21.6 Å². The maximum atomic E-state index is 12.0. The Bertz CT molecular complexity index is 665. The molecule has 148 valence electrons. The Labute approximate surface area is 149 Å². The molecule has 0 spiro atoms. The molecule has 2 atom stereocenters. The van der Waals surface area contributed by atoms with Crippen LogP contribution in [0, 0.1) is 11.3 Å². The van der Waals surface area contributed by atoms with Crippen LogP contribution < -0.4 is 0 Å². The van der Waals surface area contributed by atoms with Gasteiger partial charge in [0.1, 0.15) is 0 Å². The molecule has 0 aliphatic carbocycles. The molecule has 1 heterocycles. The van der Waals surface area contributed by atoms with Gasteiger partial charge in [-0.1, -0.05) is 0 Å². The average Bonchev–Trinajstić information content (AvgIpc) is 2.37. The van der Waals surface area contributed by atoms with Crippen molar-refractivity contribution in [1.82, 2.24) is 5.06 Å². The normalized spacial score (nSPS) is 23.4. The van der Waals surface area contributed by atoms with Crippen molar-refractivity contribution in [2.24, 2.45) is 11.3 Å². The van der Waals surface area contributed by atoms with E-state index in [0.29, 0.717) is 13.0 Å².